The lowest BCUT2D eigenvalue weighted by atomic mass is 10.2. The SMILES string of the molecule is CCC(Nc1ccc2c(c1)NC(=O)CS2)C(=O)O. The Morgan fingerprint density at radius 3 is 3.06 bits per heavy atom. The van der Waals surface area contributed by atoms with Gasteiger partial charge in [0.2, 0.25) is 5.91 Å². The zero-order valence-corrected chi connectivity index (χ0v) is 10.7. The molecule has 2 rings (SSSR count). The maximum absolute atomic E-state index is 11.3. The summed E-state index contributed by atoms with van der Waals surface area (Å²) in [7, 11) is 0. The number of nitrogens with one attached hydrogen (secondary N) is 2. The topological polar surface area (TPSA) is 78.4 Å². The fourth-order valence-electron chi connectivity index (χ4n) is 1.71. The van der Waals surface area contributed by atoms with Crippen LogP contribution in [-0.2, 0) is 9.59 Å². The fraction of sp³-hybridized carbons (Fsp3) is 0.333. The third-order valence-corrected chi connectivity index (χ3v) is 3.73. The molecule has 0 radical (unpaired) electrons. The van der Waals surface area contributed by atoms with Crippen molar-refractivity contribution >= 4 is 35.0 Å². The molecule has 1 aromatic carbocycles. The van der Waals surface area contributed by atoms with Gasteiger partial charge in [-0.2, -0.15) is 0 Å². The summed E-state index contributed by atoms with van der Waals surface area (Å²) in [4.78, 5) is 23.2. The molecule has 96 valence electrons. The molecule has 3 N–H and O–H groups in total. The Hall–Kier alpha value is -1.69. The summed E-state index contributed by atoms with van der Waals surface area (Å²) in [5.74, 6) is -0.490. The predicted molar refractivity (Wildman–Crippen MR) is 71.1 cm³/mol. The van der Waals surface area contributed by atoms with Crippen LogP contribution >= 0.6 is 11.8 Å². The van der Waals surface area contributed by atoms with Gasteiger partial charge in [0, 0.05) is 10.6 Å². The summed E-state index contributed by atoms with van der Waals surface area (Å²) in [5.41, 5.74) is 1.44. The molecule has 1 aliphatic heterocycles. The Balaban J connectivity index is 2.18. The lowest BCUT2D eigenvalue weighted by Crippen LogP contribution is -2.28. The fourth-order valence-corrected chi connectivity index (χ4v) is 2.50. The van der Waals surface area contributed by atoms with Crippen molar-refractivity contribution < 1.29 is 14.7 Å². The number of carbonyl (C=O) groups is 2. The van der Waals surface area contributed by atoms with Crippen LogP contribution in [0, 0.1) is 0 Å². The van der Waals surface area contributed by atoms with E-state index in [1.165, 1.54) is 11.8 Å². The van der Waals surface area contributed by atoms with E-state index in [1.807, 2.05) is 19.1 Å². The van der Waals surface area contributed by atoms with Gasteiger partial charge in [0.05, 0.1) is 11.4 Å². The second-order valence-corrected chi connectivity index (χ2v) is 5.01. The maximum atomic E-state index is 11.3. The molecule has 1 unspecified atom stereocenters. The smallest absolute Gasteiger partial charge is 0.326 e. The van der Waals surface area contributed by atoms with Crippen LogP contribution in [0.2, 0.25) is 0 Å². The summed E-state index contributed by atoms with van der Waals surface area (Å²) in [6.07, 6.45) is 0.494. The summed E-state index contributed by atoms with van der Waals surface area (Å²) >= 11 is 1.48. The van der Waals surface area contributed by atoms with Crippen molar-refractivity contribution in [3.63, 3.8) is 0 Å². The van der Waals surface area contributed by atoms with Crippen molar-refractivity contribution in [1.82, 2.24) is 0 Å². The number of thioether (sulfide) groups is 1. The van der Waals surface area contributed by atoms with E-state index < -0.39 is 12.0 Å². The van der Waals surface area contributed by atoms with Crippen molar-refractivity contribution in [3.05, 3.63) is 18.2 Å². The van der Waals surface area contributed by atoms with E-state index in [9.17, 15) is 9.59 Å². The van der Waals surface area contributed by atoms with E-state index in [2.05, 4.69) is 10.6 Å². The van der Waals surface area contributed by atoms with Crippen LogP contribution in [-0.4, -0.2) is 28.8 Å². The van der Waals surface area contributed by atoms with Gasteiger partial charge in [0.1, 0.15) is 6.04 Å². The number of rotatable bonds is 4. The molecular formula is C12H14N2O3S. The molecule has 0 fully saturated rings. The first kappa shape index (κ1) is 12.8. The zero-order chi connectivity index (χ0) is 13.1. The molecule has 1 amide bonds. The molecule has 0 saturated carbocycles. The van der Waals surface area contributed by atoms with Crippen LogP contribution in [0.3, 0.4) is 0 Å². The third kappa shape index (κ3) is 2.76. The highest BCUT2D eigenvalue weighted by molar-refractivity contribution is 8.00. The minimum absolute atomic E-state index is 0.0325. The van der Waals surface area contributed by atoms with Crippen molar-refractivity contribution in [1.29, 1.82) is 0 Å². The zero-order valence-electron chi connectivity index (χ0n) is 9.90. The number of carboxylic acids is 1. The lowest BCUT2D eigenvalue weighted by molar-refractivity contribution is -0.138. The highest BCUT2D eigenvalue weighted by Gasteiger charge is 2.18. The number of amides is 1. The predicted octanol–water partition coefficient (Wildman–Crippen LogP) is 2.01. The summed E-state index contributed by atoms with van der Waals surface area (Å²) in [6, 6.07) is 4.87. The van der Waals surface area contributed by atoms with Gasteiger partial charge >= 0.3 is 5.97 Å². The average Bonchev–Trinajstić information content (AvgIpc) is 2.35. The molecule has 0 aromatic heterocycles. The second kappa shape index (κ2) is 5.30. The summed E-state index contributed by atoms with van der Waals surface area (Å²) < 4.78 is 0. The first-order valence-corrected chi connectivity index (χ1v) is 6.64. The normalized spacial score (nSPS) is 15.5. The summed E-state index contributed by atoms with van der Waals surface area (Å²) in [6.45, 7) is 1.81. The molecule has 0 saturated heterocycles. The molecule has 1 aliphatic rings. The second-order valence-electron chi connectivity index (χ2n) is 3.99. The number of aliphatic carboxylic acids is 1. The number of benzene rings is 1. The van der Waals surface area contributed by atoms with Gasteiger partial charge in [-0.1, -0.05) is 6.92 Å². The Kier molecular flexibility index (Phi) is 3.76. The number of hydrogen-bond donors (Lipinski definition) is 3. The van der Waals surface area contributed by atoms with E-state index in [0.29, 0.717) is 17.9 Å². The van der Waals surface area contributed by atoms with Crippen molar-refractivity contribution in [2.24, 2.45) is 0 Å². The van der Waals surface area contributed by atoms with Crippen molar-refractivity contribution in [2.45, 2.75) is 24.3 Å². The summed E-state index contributed by atoms with van der Waals surface area (Å²) in [5, 5.41) is 14.7. The molecule has 1 atom stereocenters. The molecule has 6 heteroatoms. The Morgan fingerprint density at radius 1 is 1.61 bits per heavy atom. The van der Waals surface area contributed by atoms with E-state index in [4.69, 9.17) is 5.11 Å². The van der Waals surface area contributed by atoms with Gasteiger partial charge < -0.3 is 15.7 Å². The quantitative estimate of drug-likeness (QED) is 0.777. The molecule has 5 nitrogen and oxygen atoms in total. The van der Waals surface area contributed by atoms with Crippen LogP contribution in [0.4, 0.5) is 11.4 Å². The molecule has 0 spiro atoms. The molecule has 0 aliphatic carbocycles. The number of hydrogen-bond acceptors (Lipinski definition) is 4. The monoisotopic (exact) mass is 266 g/mol. The van der Waals surface area contributed by atoms with Crippen LogP contribution < -0.4 is 10.6 Å². The van der Waals surface area contributed by atoms with Crippen LogP contribution in [0.15, 0.2) is 23.1 Å². The highest BCUT2D eigenvalue weighted by Crippen LogP contribution is 2.33. The van der Waals surface area contributed by atoms with E-state index in [-0.39, 0.29) is 5.91 Å². The molecular weight excluding hydrogens is 252 g/mol. The molecule has 1 aromatic rings. The average molecular weight is 266 g/mol. The standard InChI is InChI=1S/C12H14N2O3S/c1-2-8(12(16)17)13-7-3-4-10-9(5-7)14-11(15)6-18-10/h3-5,8,13H,2,6H2,1H3,(H,14,15)(H,16,17). The molecule has 18 heavy (non-hydrogen) atoms. The van der Waals surface area contributed by atoms with Gasteiger partial charge in [-0.3, -0.25) is 4.79 Å². The van der Waals surface area contributed by atoms with Crippen LogP contribution in [0.5, 0.6) is 0 Å². The Labute approximate surface area is 109 Å². The Morgan fingerprint density at radius 2 is 2.39 bits per heavy atom. The molecule has 1 heterocycles. The Bertz CT molecular complexity index is 490. The minimum Gasteiger partial charge on any atom is -0.480 e. The van der Waals surface area contributed by atoms with E-state index in [0.717, 1.165) is 10.6 Å². The lowest BCUT2D eigenvalue weighted by Gasteiger charge is -2.19. The van der Waals surface area contributed by atoms with Gasteiger partial charge in [-0.15, -0.1) is 11.8 Å². The number of carbonyl (C=O) groups excluding carboxylic acids is 1. The van der Waals surface area contributed by atoms with Crippen LogP contribution in [0.1, 0.15) is 13.3 Å². The van der Waals surface area contributed by atoms with Gasteiger partial charge in [0.15, 0.2) is 0 Å². The molecule has 0 bridgehead atoms. The van der Waals surface area contributed by atoms with Gasteiger partial charge in [-0.25, -0.2) is 4.79 Å². The largest absolute Gasteiger partial charge is 0.480 e. The van der Waals surface area contributed by atoms with Crippen molar-refractivity contribution in [3.8, 4) is 0 Å². The van der Waals surface area contributed by atoms with Crippen LogP contribution in [0.25, 0.3) is 0 Å². The highest BCUT2D eigenvalue weighted by atomic mass is 32.2. The number of carboxylic acid groups (broad SMARTS) is 1. The van der Waals surface area contributed by atoms with Gasteiger partial charge in [-0.05, 0) is 24.6 Å². The minimum atomic E-state index is -0.881. The van der Waals surface area contributed by atoms with E-state index >= 15 is 0 Å². The van der Waals surface area contributed by atoms with Crippen molar-refractivity contribution in [2.75, 3.05) is 16.4 Å². The number of fused-ring (bicyclic) bond motifs is 1. The third-order valence-electron chi connectivity index (χ3n) is 2.66. The first-order valence-electron chi connectivity index (χ1n) is 5.66. The van der Waals surface area contributed by atoms with E-state index in [1.54, 1.807) is 6.07 Å². The number of anilines is 2. The van der Waals surface area contributed by atoms with Gasteiger partial charge in [0.25, 0.3) is 0 Å². The maximum Gasteiger partial charge on any atom is 0.326 e. The first-order chi connectivity index (χ1) is 8.60.